The van der Waals surface area contributed by atoms with E-state index in [1.807, 2.05) is 17.0 Å². The van der Waals surface area contributed by atoms with Gasteiger partial charge in [-0.2, -0.15) is 0 Å². The van der Waals surface area contributed by atoms with Crippen molar-refractivity contribution in [3.05, 3.63) is 40.0 Å². The van der Waals surface area contributed by atoms with Gasteiger partial charge in [0.15, 0.2) is 11.5 Å². The molecule has 6 nitrogen and oxygen atoms in total. The molecule has 1 atom stereocenters. The maximum Gasteiger partial charge on any atom is 0.233 e. The number of fused-ring (bicyclic) bond motifs is 4. The smallest absolute Gasteiger partial charge is 0.233 e. The van der Waals surface area contributed by atoms with E-state index in [0.717, 1.165) is 46.3 Å². The molecule has 2 aliphatic rings. The van der Waals surface area contributed by atoms with Crippen molar-refractivity contribution in [3.8, 4) is 11.5 Å². The summed E-state index contributed by atoms with van der Waals surface area (Å²) in [6.07, 6.45) is 5.87. The summed E-state index contributed by atoms with van der Waals surface area (Å²) in [5, 5.41) is 2.12. The molecule has 0 saturated heterocycles. The van der Waals surface area contributed by atoms with Crippen LogP contribution in [-0.2, 0) is 30.6 Å². The number of amides is 1. The van der Waals surface area contributed by atoms with Gasteiger partial charge in [-0.25, -0.2) is 9.97 Å². The molecule has 3 heterocycles. The molecule has 168 valence electrons. The van der Waals surface area contributed by atoms with E-state index in [-0.39, 0.29) is 5.91 Å². The molecule has 0 N–H and O–H groups in total. The molecule has 0 unspecified atom stereocenters. The Kier molecular flexibility index (Phi) is 5.99. The van der Waals surface area contributed by atoms with Crippen LogP contribution in [0.2, 0.25) is 0 Å². The number of methoxy groups -OCH3 is 2. The van der Waals surface area contributed by atoms with E-state index >= 15 is 0 Å². The van der Waals surface area contributed by atoms with Crippen molar-refractivity contribution >= 4 is 39.2 Å². The van der Waals surface area contributed by atoms with E-state index in [0.29, 0.717) is 24.6 Å². The molecule has 1 aromatic carbocycles. The number of rotatable bonds is 5. The summed E-state index contributed by atoms with van der Waals surface area (Å²) in [6, 6.07) is 4.02. The Morgan fingerprint density at radius 2 is 1.97 bits per heavy atom. The fraction of sp³-hybridized carbons (Fsp3) is 0.458. The summed E-state index contributed by atoms with van der Waals surface area (Å²) in [5.41, 5.74) is 3.75. The number of carbonyl (C=O) groups excluding carboxylic acids is 1. The highest BCUT2D eigenvalue weighted by molar-refractivity contribution is 8.00. The molecule has 0 saturated carbocycles. The number of benzene rings is 1. The minimum absolute atomic E-state index is 0.139. The van der Waals surface area contributed by atoms with Crippen LogP contribution >= 0.6 is 23.1 Å². The lowest BCUT2D eigenvalue weighted by molar-refractivity contribution is -0.129. The molecule has 2 aromatic heterocycles. The third-order valence-electron chi connectivity index (χ3n) is 6.46. The molecule has 3 aromatic rings. The van der Waals surface area contributed by atoms with Gasteiger partial charge in [0.1, 0.15) is 16.2 Å². The Bertz CT molecular complexity index is 1180. The van der Waals surface area contributed by atoms with Gasteiger partial charge in [-0.05, 0) is 60.4 Å². The zero-order chi connectivity index (χ0) is 22.2. The molecule has 1 aliphatic carbocycles. The zero-order valence-corrected chi connectivity index (χ0v) is 20.3. The highest BCUT2D eigenvalue weighted by Crippen LogP contribution is 2.40. The van der Waals surface area contributed by atoms with Crippen LogP contribution in [0.25, 0.3) is 10.2 Å². The van der Waals surface area contributed by atoms with Gasteiger partial charge < -0.3 is 14.4 Å². The molecule has 0 radical (unpaired) electrons. The Balaban J connectivity index is 1.31. The van der Waals surface area contributed by atoms with Crippen LogP contribution in [-0.4, -0.2) is 47.3 Å². The van der Waals surface area contributed by atoms with Crippen LogP contribution in [0, 0.1) is 5.92 Å². The topological polar surface area (TPSA) is 64.6 Å². The van der Waals surface area contributed by atoms with Gasteiger partial charge in [0, 0.05) is 23.4 Å². The quantitative estimate of drug-likeness (QED) is 0.405. The van der Waals surface area contributed by atoms with Gasteiger partial charge in [0.2, 0.25) is 5.91 Å². The number of thioether (sulfide) groups is 1. The fourth-order valence-corrected chi connectivity index (χ4v) is 7.02. The molecule has 0 spiro atoms. The number of ether oxygens (including phenoxy) is 2. The Morgan fingerprint density at radius 1 is 1.19 bits per heavy atom. The fourth-order valence-electron chi connectivity index (χ4n) is 4.67. The maximum absolute atomic E-state index is 13.1. The number of nitrogens with zero attached hydrogens (tertiary/aromatic N) is 3. The first-order valence-electron chi connectivity index (χ1n) is 11.0. The maximum atomic E-state index is 13.1. The Hall–Kier alpha value is -2.32. The number of thiophene rings is 1. The van der Waals surface area contributed by atoms with Crippen molar-refractivity contribution in [2.75, 3.05) is 26.5 Å². The first-order valence-corrected chi connectivity index (χ1v) is 12.8. The van der Waals surface area contributed by atoms with E-state index in [1.54, 1.807) is 43.6 Å². The lowest BCUT2D eigenvalue weighted by Gasteiger charge is -2.29. The summed E-state index contributed by atoms with van der Waals surface area (Å²) in [5.74, 6) is 2.69. The molecule has 1 amide bonds. The number of aryl methyl sites for hydroxylation is 1. The van der Waals surface area contributed by atoms with E-state index in [4.69, 9.17) is 9.47 Å². The van der Waals surface area contributed by atoms with Crippen LogP contribution in [0.5, 0.6) is 11.5 Å². The second-order valence-corrected chi connectivity index (χ2v) is 10.6. The zero-order valence-electron chi connectivity index (χ0n) is 18.6. The van der Waals surface area contributed by atoms with Gasteiger partial charge in [-0.15, -0.1) is 11.3 Å². The highest BCUT2D eigenvalue weighted by Gasteiger charge is 2.25. The highest BCUT2D eigenvalue weighted by atomic mass is 32.2. The van der Waals surface area contributed by atoms with Gasteiger partial charge in [-0.1, -0.05) is 18.7 Å². The predicted molar refractivity (Wildman–Crippen MR) is 128 cm³/mol. The van der Waals surface area contributed by atoms with Crippen LogP contribution in [0.1, 0.15) is 34.9 Å². The number of carbonyl (C=O) groups is 1. The standard InChI is InChI=1S/C24H27N3O3S2/c1-14-4-5-17-20(8-14)32-24-22(17)23(25-13-26-24)31-12-21(28)27-7-6-15-9-18(29-2)19(30-3)10-16(15)11-27/h9-10,13-14H,4-8,11-12H2,1-3H3/t14-/m0/s1. The average molecular weight is 470 g/mol. The van der Waals surface area contributed by atoms with Gasteiger partial charge in [-0.3, -0.25) is 4.79 Å². The first kappa shape index (κ1) is 21.5. The van der Waals surface area contributed by atoms with Crippen LogP contribution in [0.4, 0.5) is 0 Å². The summed E-state index contributed by atoms with van der Waals surface area (Å²) in [4.78, 5) is 26.6. The second kappa shape index (κ2) is 8.90. The van der Waals surface area contributed by atoms with E-state index in [9.17, 15) is 4.79 Å². The number of hydrogen-bond donors (Lipinski definition) is 0. The average Bonchev–Trinajstić information content (AvgIpc) is 3.19. The minimum Gasteiger partial charge on any atom is -0.493 e. The van der Waals surface area contributed by atoms with Gasteiger partial charge in [0.05, 0.1) is 20.0 Å². The summed E-state index contributed by atoms with van der Waals surface area (Å²) < 4.78 is 10.9. The number of hydrogen-bond acceptors (Lipinski definition) is 7. The summed E-state index contributed by atoms with van der Waals surface area (Å²) >= 11 is 3.34. The van der Waals surface area contributed by atoms with Crippen molar-refractivity contribution < 1.29 is 14.3 Å². The first-order chi connectivity index (χ1) is 15.6. The third-order valence-corrected chi connectivity index (χ3v) is 8.60. The minimum atomic E-state index is 0.139. The molecule has 0 bridgehead atoms. The normalized spacial score (nSPS) is 17.7. The lowest BCUT2D eigenvalue weighted by atomic mass is 9.89. The molecule has 32 heavy (non-hydrogen) atoms. The van der Waals surface area contributed by atoms with Crippen molar-refractivity contribution in [2.24, 2.45) is 5.92 Å². The molecular formula is C24H27N3O3S2. The van der Waals surface area contributed by atoms with Crippen LogP contribution in [0.3, 0.4) is 0 Å². The molecule has 0 fully saturated rings. The number of aromatic nitrogens is 2. The van der Waals surface area contributed by atoms with E-state index < -0.39 is 0 Å². The van der Waals surface area contributed by atoms with Gasteiger partial charge >= 0.3 is 0 Å². The Labute approximate surface area is 196 Å². The second-order valence-electron chi connectivity index (χ2n) is 8.54. The van der Waals surface area contributed by atoms with E-state index in [2.05, 4.69) is 16.9 Å². The van der Waals surface area contributed by atoms with Crippen molar-refractivity contribution in [3.63, 3.8) is 0 Å². The van der Waals surface area contributed by atoms with E-state index in [1.165, 1.54) is 27.8 Å². The molecule has 8 heteroatoms. The SMILES string of the molecule is COc1cc2c(cc1OC)CN(C(=O)CSc1ncnc3sc4c(c13)CC[C@H](C)C4)CC2. The third kappa shape index (κ3) is 3.94. The predicted octanol–water partition coefficient (Wildman–Crippen LogP) is 4.51. The van der Waals surface area contributed by atoms with Crippen LogP contribution < -0.4 is 9.47 Å². The molecule has 1 aliphatic heterocycles. The lowest BCUT2D eigenvalue weighted by Crippen LogP contribution is -2.37. The molecular weight excluding hydrogens is 442 g/mol. The van der Waals surface area contributed by atoms with Gasteiger partial charge in [0.25, 0.3) is 0 Å². The summed E-state index contributed by atoms with van der Waals surface area (Å²) in [6.45, 7) is 3.63. The molecule has 5 rings (SSSR count). The van der Waals surface area contributed by atoms with Crippen molar-refractivity contribution in [1.29, 1.82) is 0 Å². The largest absolute Gasteiger partial charge is 0.493 e. The van der Waals surface area contributed by atoms with Crippen molar-refractivity contribution in [2.45, 2.75) is 44.2 Å². The van der Waals surface area contributed by atoms with Crippen molar-refractivity contribution in [1.82, 2.24) is 14.9 Å². The monoisotopic (exact) mass is 469 g/mol. The Morgan fingerprint density at radius 3 is 2.75 bits per heavy atom. The summed E-state index contributed by atoms with van der Waals surface area (Å²) in [7, 11) is 3.29. The van der Waals surface area contributed by atoms with Crippen LogP contribution in [0.15, 0.2) is 23.5 Å².